The van der Waals surface area contributed by atoms with Gasteiger partial charge in [0.2, 0.25) is 0 Å². The Bertz CT molecular complexity index is 330. The minimum atomic E-state index is 0.644. The highest BCUT2D eigenvalue weighted by Gasteiger charge is 2.30. The lowest BCUT2D eigenvalue weighted by atomic mass is 10.2. The highest BCUT2D eigenvalue weighted by molar-refractivity contribution is 4.92. The lowest BCUT2D eigenvalue weighted by Crippen LogP contribution is -2.39. The average Bonchev–Trinajstić information content (AvgIpc) is 3.02. The van der Waals surface area contributed by atoms with Crippen molar-refractivity contribution in [2.45, 2.75) is 25.4 Å². The van der Waals surface area contributed by atoms with Crippen molar-refractivity contribution in [3.8, 4) is 0 Å². The summed E-state index contributed by atoms with van der Waals surface area (Å²) in [4.78, 5) is 6.70. The van der Waals surface area contributed by atoms with Gasteiger partial charge >= 0.3 is 0 Å². The molecule has 1 saturated carbocycles. The molecule has 90 valence electrons. The van der Waals surface area contributed by atoms with Crippen molar-refractivity contribution in [3.05, 3.63) is 18.2 Å². The molecule has 0 radical (unpaired) electrons. The molecule has 4 heteroatoms. The molecule has 1 heterocycles. The first-order chi connectivity index (χ1) is 7.70. The minimum Gasteiger partial charge on any atom is -0.337 e. The number of likely N-dealkylation sites (N-methyl/N-ethyl adjacent to an activating group) is 2. The van der Waals surface area contributed by atoms with Crippen LogP contribution in [0.15, 0.2) is 12.4 Å². The summed E-state index contributed by atoms with van der Waals surface area (Å²) in [5.74, 6) is 2.03. The summed E-state index contributed by atoms with van der Waals surface area (Å²) in [6, 6.07) is 0.644. The zero-order valence-electron chi connectivity index (χ0n) is 10.5. The van der Waals surface area contributed by atoms with Gasteiger partial charge < -0.3 is 9.88 Å². The molecule has 2 rings (SSSR count). The van der Waals surface area contributed by atoms with Crippen LogP contribution in [0, 0.1) is 5.92 Å². The second-order valence-electron chi connectivity index (χ2n) is 4.88. The van der Waals surface area contributed by atoms with E-state index in [-0.39, 0.29) is 0 Å². The lowest BCUT2D eigenvalue weighted by Gasteiger charge is -2.23. The number of hydrogen-bond donors (Lipinski definition) is 1. The summed E-state index contributed by atoms with van der Waals surface area (Å²) in [6.45, 7) is 2.03. The van der Waals surface area contributed by atoms with Crippen LogP contribution in [0.5, 0.6) is 0 Å². The van der Waals surface area contributed by atoms with Crippen LogP contribution in [0.3, 0.4) is 0 Å². The Kier molecular flexibility index (Phi) is 3.61. The molecular weight excluding hydrogens is 200 g/mol. The number of nitrogens with one attached hydrogen (secondary N) is 1. The zero-order chi connectivity index (χ0) is 11.5. The zero-order valence-corrected chi connectivity index (χ0v) is 10.5. The summed E-state index contributed by atoms with van der Waals surface area (Å²) in [5.41, 5.74) is 0. The van der Waals surface area contributed by atoms with Gasteiger partial charge in [0.1, 0.15) is 5.82 Å². The van der Waals surface area contributed by atoms with E-state index in [1.54, 1.807) is 0 Å². The van der Waals surface area contributed by atoms with Crippen molar-refractivity contribution < 1.29 is 0 Å². The number of nitrogens with zero attached hydrogens (tertiary/aromatic N) is 3. The smallest absolute Gasteiger partial charge is 0.122 e. The normalized spacial score (nSPS) is 18.0. The van der Waals surface area contributed by atoms with E-state index in [0.29, 0.717) is 6.04 Å². The Morgan fingerprint density at radius 1 is 1.62 bits per heavy atom. The summed E-state index contributed by atoms with van der Waals surface area (Å²) in [5, 5.41) is 3.42. The average molecular weight is 222 g/mol. The Morgan fingerprint density at radius 2 is 2.38 bits per heavy atom. The molecule has 1 N–H and O–H groups in total. The third kappa shape index (κ3) is 2.83. The summed E-state index contributed by atoms with van der Waals surface area (Å²) >= 11 is 0. The molecule has 0 aromatic carbocycles. The molecule has 1 aromatic heterocycles. The van der Waals surface area contributed by atoms with Gasteiger partial charge in [-0.25, -0.2) is 4.98 Å². The monoisotopic (exact) mass is 222 g/mol. The molecule has 1 aromatic rings. The van der Waals surface area contributed by atoms with Crippen LogP contribution in [0.1, 0.15) is 18.7 Å². The highest BCUT2D eigenvalue weighted by atomic mass is 15.2. The van der Waals surface area contributed by atoms with E-state index in [4.69, 9.17) is 0 Å². The maximum Gasteiger partial charge on any atom is 0.122 e. The van der Waals surface area contributed by atoms with E-state index >= 15 is 0 Å². The minimum absolute atomic E-state index is 0.644. The fourth-order valence-corrected chi connectivity index (χ4v) is 2.17. The van der Waals surface area contributed by atoms with Crippen LogP contribution in [0.4, 0.5) is 0 Å². The predicted molar refractivity (Wildman–Crippen MR) is 65.1 cm³/mol. The molecule has 1 atom stereocenters. The number of rotatable bonds is 6. The van der Waals surface area contributed by atoms with Gasteiger partial charge in [-0.05, 0) is 32.9 Å². The van der Waals surface area contributed by atoms with Crippen LogP contribution in [-0.2, 0) is 13.6 Å². The van der Waals surface area contributed by atoms with Crippen molar-refractivity contribution in [2.75, 3.05) is 20.6 Å². The Balaban J connectivity index is 1.83. The Hall–Kier alpha value is -0.870. The third-order valence-electron chi connectivity index (χ3n) is 3.40. The lowest BCUT2D eigenvalue weighted by molar-refractivity contribution is 0.266. The maximum absolute atomic E-state index is 4.35. The van der Waals surface area contributed by atoms with Crippen molar-refractivity contribution in [1.82, 2.24) is 19.8 Å². The van der Waals surface area contributed by atoms with E-state index in [1.165, 1.54) is 12.8 Å². The first-order valence-electron chi connectivity index (χ1n) is 6.02. The Labute approximate surface area is 97.7 Å². The first kappa shape index (κ1) is 11.6. The largest absolute Gasteiger partial charge is 0.337 e. The highest BCUT2D eigenvalue weighted by Crippen LogP contribution is 2.32. The number of aromatic nitrogens is 2. The molecule has 1 aliphatic carbocycles. The van der Waals surface area contributed by atoms with E-state index in [0.717, 1.165) is 24.8 Å². The van der Waals surface area contributed by atoms with Gasteiger partial charge in [0, 0.05) is 32.0 Å². The molecule has 0 amide bonds. The molecule has 0 saturated heterocycles. The molecule has 4 nitrogen and oxygen atoms in total. The molecule has 1 aliphatic rings. The number of aryl methyl sites for hydroxylation is 1. The van der Waals surface area contributed by atoms with Gasteiger partial charge in [-0.1, -0.05) is 0 Å². The van der Waals surface area contributed by atoms with Crippen molar-refractivity contribution in [2.24, 2.45) is 13.0 Å². The molecule has 1 unspecified atom stereocenters. The van der Waals surface area contributed by atoms with E-state index in [9.17, 15) is 0 Å². The second-order valence-corrected chi connectivity index (χ2v) is 4.88. The fourth-order valence-electron chi connectivity index (χ4n) is 2.17. The van der Waals surface area contributed by atoms with Crippen LogP contribution < -0.4 is 5.32 Å². The second kappa shape index (κ2) is 4.97. The molecule has 0 spiro atoms. The third-order valence-corrected chi connectivity index (χ3v) is 3.40. The molecule has 1 fully saturated rings. The maximum atomic E-state index is 4.35. The molecule has 0 aliphatic heterocycles. The molecule has 0 bridgehead atoms. The van der Waals surface area contributed by atoms with Crippen molar-refractivity contribution in [3.63, 3.8) is 0 Å². The van der Waals surface area contributed by atoms with Gasteiger partial charge in [0.05, 0.1) is 6.54 Å². The van der Waals surface area contributed by atoms with E-state index in [2.05, 4.69) is 33.9 Å². The molecule has 16 heavy (non-hydrogen) atoms. The van der Waals surface area contributed by atoms with Crippen LogP contribution >= 0.6 is 0 Å². The standard InChI is InChI=1S/C12H22N4/c1-13-11(10-4-5-10)8-15(2)9-12-14-6-7-16(12)3/h6-7,10-11,13H,4-5,8-9H2,1-3H3. The van der Waals surface area contributed by atoms with Crippen LogP contribution in [-0.4, -0.2) is 41.1 Å². The van der Waals surface area contributed by atoms with Crippen molar-refractivity contribution >= 4 is 0 Å². The quantitative estimate of drug-likeness (QED) is 0.774. The number of imidazole rings is 1. The summed E-state index contributed by atoms with van der Waals surface area (Å²) in [6.07, 6.45) is 6.64. The van der Waals surface area contributed by atoms with Crippen LogP contribution in [0.25, 0.3) is 0 Å². The summed E-state index contributed by atoms with van der Waals surface area (Å²) in [7, 11) is 6.28. The summed E-state index contributed by atoms with van der Waals surface area (Å²) < 4.78 is 2.09. The van der Waals surface area contributed by atoms with Gasteiger partial charge in [0.15, 0.2) is 0 Å². The van der Waals surface area contributed by atoms with Gasteiger partial charge in [-0.15, -0.1) is 0 Å². The SMILES string of the molecule is CNC(CN(C)Cc1nccn1C)C1CC1. The van der Waals surface area contributed by atoms with E-state index < -0.39 is 0 Å². The first-order valence-corrected chi connectivity index (χ1v) is 6.02. The van der Waals surface area contributed by atoms with Gasteiger partial charge in [0.25, 0.3) is 0 Å². The van der Waals surface area contributed by atoms with Crippen molar-refractivity contribution in [1.29, 1.82) is 0 Å². The molecular formula is C12H22N4. The topological polar surface area (TPSA) is 33.1 Å². The van der Waals surface area contributed by atoms with Gasteiger partial charge in [-0.3, -0.25) is 4.90 Å². The predicted octanol–water partition coefficient (Wildman–Crippen LogP) is 0.850. The van der Waals surface area contributed by atoms with E-state index in [1.807, 2.05) is 19.4 Å². The Morgan fingerprint density at radius 3 is 2.88 bits per heavy atom. The van der Waals surface area contributed by atoms with Crippen LogP contribution in [0.2, 0.25) is 0 Å². The van der Waals surface area contributed by atoms with Gasteiger partial charge in [-0.2, -0.15) is 0 Å². The fraction of sp³-hybridized carbons (Fsp3) is 0.750. The number of hydrogen-bond acceptors (Lipinski definition) is 3.